The smallest absolute Gasteiger partial charge is 0.305 e. The molecular weight excluding hydrogens is 318 g/mol. The predicted molar refractivity (Wildman–Crippen MR) is 98.8 cm³/mol. The van der Waals surface area contributed by atoms with Crippen LogP contribution in [0.15, 0.2) is 42.5 Å². The number of hydrogen-bond donors (Lipinski definition) is 2. The second-order valence-electron chi connectivity index (χ2n) is 6.06. The minimum absolute atomic E-state index is 0.388. The number of carbonyl (C=O) groups excluding carboxylic acids is 1. The van der Waals surface area contributed by atoms with E-state index in [2.05, 4.69) is 23.6 Å². The molecule has 3 rings (SSSR count). The summed E-state index contributed by atoms with van der Waals surface area (Å²) in [7, 11) is 1.62. The zero-order valence-electron chi connectivity index (χ0n) is 14.3. The van der Waals surface area contributed by atoms with Crippen LogP contribution in [0.5, 0.6) is 0 Å². The number of amides is 1. The van der Waals surface area contributed by atoms with Gasteiger partial charge in [0.2, 0.25) is 5.91 Å². The molecule has 2 aromatic carbocycles. The number of carboxylic acid groups (broad SMARTS) is 1. The normalized spacial score (nSPS) is 12.4. The Balaban J connectivity index is 2.05. The van der Waals surface area contributed by atoms with Gasteiger partial charge in [0.1, 0.15) is 0 Å². The molecule has 25 heavy (non-hydrogen) atoms. The van der Waals surface area contributed by atoms with Crippen molar-refractivity contribution in [2.75, 3.05) is 11.9 Å². The number of benzene rings is 2. The van der Waals surface area contributed by atoms with Crippen LogP contribution >= 0.6 is 0 Å². The van der Waals surface area contributed by atoms with Gasteiger partial charge in [-0.3, -0.25) is 9.59 Å². The first-order chi connectivity index (χ1) is 11.9. The fourth-order valence-corrected chi connectivity index (χ4v) is 3.24. The van der Waals surface area contributed by atoms with Gasteiger partial charge in [-0.15, -0.1) is 0 Å². The minimum atomic E-state index is -1.09. The molecule has 6 heteroatoms. The highest BCUT2D eigenvalue weighted by Gasteiger charge is 2.22. The standard InChI is InChI=1S/C19H21N3O3/c1-3-22-16-7-5-4-6-13(16)14-10-12(8-9-17(14)22)21(2)19(25)15(20)11-18(23)24/h4-10,15H,3,11,20H2,1-2H3,(H,23,24)/t15-/m0/s1. The molecule has 0 saturated heterocycles. The number of aromatic nitrogens is 1. The van der Waals surface area contributed by atoms with E-state index in [1.165, 1.54) is 4.90 Å². The molecule has 0 aliphatic heterocycles. The molecule has 0 spiro atoms. The van der Waals surface area contributed by atoms with Crippen molar-refractivity contribution in [3.8, 4) is 0 Å². The van der Waals surface area contributed by atoms with Gasteiger partial charge in [0.05, 0.1) is 12.5 Å². The Hall–Kier alpha value is -2.86. The number of carboxylic acids is 1. The molecule has 0 fully saturated rings. The van der Waals surface area contributed by atoms with Crippen molar-refractivity contribution in [3.05, 3.63) is 42.5 Å². The zero-order chi connectivity index (χ0) is 18.1. The number of nitrogens with two attached hydrogens (primary N) is 1. The molecule has 1 heterocycles. The molecule has 0 radical (unpaired) electrons. The number of aryl methyl sites for hydroxylation is 1. The number of aliphatic carboxylic acids is 1. The van der Waals surface area contributed by atoms with Crippen molar-refractivity contribution in [1.29, 1.82) is 0 Å². The molecule has 0 bridgehead atoms. The van der Waals surface area contributed by atoms with E-state index in [9.17, 15) is 9.59 Å². The predicted octanol–water partition coefficient (Wildman–Crippen LogP) is 2.58. The monoisotopic (exact) mass is 339 g/mol. The lowest BCUT2D eigenvalue weighted by atomic mass is 10.1. The summed E-state index contributed by atoms with van der Waals surface area (Å²) in [5.41, 5.74) is 8.65. The van der Waals surface area contributed by atoms with Crippen LogP contribution < -0.4 is 10.6 Å². The summed E-state index contributed by atoms with van der Waals surface area (Å²) >= 11 is 0. The maximum atomic E-state index is 12.4. The average Bonchev–Trinajstić information content (AvgIpc) is 2.92. The first-order valence-corrected chi connectivity index (χ1v) is 8.20. The van der Waals surface area contributed by atoms with Crippen LogP contribution in [0.3, 0.4) is 0 Å². The number of fused-ring (bicyclic) bond motifs is 3. The largest absolute Gasteiger partial charge is 0.481 e. The van der Waals surface area contributed by atoms with Crippen molar-refractivity contribution in [2.45, 2.75) is 25.9 Å². The summed E-state index contributed by atoms with van der Waals surface area (Å²) in [5.74, 6) is -1.50. The first-order valence-electron chi connectivity index (χ1n) is 8.20. The summed E-state index contributed by atoms with van der Waals surface area (Å²) in [4.78, 5) is 24.6. The van der Waals surface area contributed by atoms with E-state index in [4.69, 9.17) is 10.8 Å². The van der Waals surface area contributed by atoms with Crippen molar-refractivity contribution < 1.29 is 14.7 Å². The van der Waals surface area contributed by atoms with Gasteiger partial charge in [-0.1, -0.05) is 18.2 Å². The number of anilines is 1. The molecule has 1 amide bonds. The highest BCUT2D eigenvalue weighted by atomic mass is 16.4. The van der Waals surface area contributed by atoms with Crippen LogP contribution in [-0.2, 0) is 16.1 Å². The zero-order valence-corrected chi connectivity index (χ0v) is 14.3. The van der Waals surface area contributed by atoms with Crippen LogP contribution in [-0.4, -0.2) is 34.6 Å². The Morgan fingerprint density at radius 1 is 1.16 bits per heavy atom. The molecule has 1 atom stereocenters. The van der Waals surface area contributed by atoms with Crippen LogP contribution in [0.25, 0.3) is 21.8 Å². The molecule has 0 aliphatic rings. The van der Waals surface area contributed by atoms with Gasteiger partial charge in [-0.05, 0) is 31.2 Å². The number of para-hydroxylation sites is 1. The molecule has 0 unspecified atom stereocenters. The highest BCUT2D eigenvalue weighted by Crippen LogP contribution is 2.31. The fourth-order valence-electron chi connectivity index (χ4n) is 3.24. The van der Waals surface area contributed by atoms with E-state index in [0.717, 1.165) is 28.4 Å². The van der Waals surface area contributed by atoms with E-state index in [1.54, 1.807) is 7.05 Å². The number of nitrogens with zero attached hydrogens (tertiary/aromatic N) is 2. The Kier molecular flexibility index (Phi) is 4.46. The molecular formula is C19H21N3O3. The van der Waals surface area contributed by atoms with E-state index < -0.39 is 17.9 Å². The molecule has 6 nitrogen and oxygen atoms in total. The number of carbonyl (C=O) groups is 2. The van der Waals surface area contributed by atoms with Gasteiger partial charge in [-0.2, -0.15) is 0 Å². The van der Waals surface area contributed by atoms with E-state index in [0.29, 0.717) is 5.69 Å². The molecule has 130 valence electrons. The van der Waals surface area contributed by atoms with Gasteiger partial charge < -0.3 is 20.3 Å². The molecule has 0 saturated carbocycles. The first kappa shape index (κ1) is 17.0. The van der Waals surface area contributed by atoms with Gasteiger partial charge in [0.15, 0.2) is 0 Å². The topological polar surface area (TPSA) is 88.6 Å². The second-order valence-corrected chi connectivity index (χ2v) is 6.06. The van der Waals surface area contributed by atoms with Gasteiger partial charge >= 0.3 is 5.97 Å². The lowest BCUT2D eigenvalue weighted by molar-refractivity contribution is -0.139. The summed E-state index contributed by atoms with van der Waals surface area (Å²) < 4.78 is 2.23. The minimum Gasteiger partial charge on any atom is -0.481 e. The second kappa shape index (κ2) is 6.57. The fraction of sp³-hybridized carbons (Fsp3) is 0.263. The van der Waals surface area contributed by atoms with E-state index in [-0.39, 0.29) is 6.42 Å². The van der Waals surface area contributed by atoms with E-state index in [1.807, 2.05) is 30.3 Å². The molecule has 1 aromatic heterocycles. The van der Waals surface area contributed by atoms with Crippen LogP contribution in [0, 0.1) is 0 Å². The number of hydrogen-bond acceptors (Lipinski definition) is 3. The van der Waals surface area contributed by atoms with Gasteiger partial charge in [-0.25, -0.2) is 0 Å². The summed E-state index contributed by atoms with van der Waals surface area (Å²) in [5, 5.41) is 11.0. The summed E-state index contributed by atoms with van der Waals surface area (Å²) in [6.07, 6.45) is -0.388. The Morgan fingerprint density at radius 3 is 2.52 bits per heavy atom. The van der Waals surface area contributed by atoms with Crippen molar-refractivity contribution in [2.24, 2.45) is 5.73 Å². The van der Waals surface area contributed by atoms with Crippen molar-refractivity contribution in [3.63, 3.8) is 0 Å². The Labute approximate surface area is 145 Å². The third kappa shape index (κ3) is 2.96. The highest BCUT2D eigenvalue weighted by molar-refractivity contribution is 6.10. The average molecular weight is 339 g/mol. The summed E-state index contributed by atoms with van der Waals surface area (Å²) in [6.45, 7) is 2.95. The lowest BCUT2D eigenvalue weighted by Crippen LogP contribution is -2.43. The maximum absolute atomic E-state index is 12.4. The van der Waals surface area contributed by atoms with Crippen LogP contribution in [0.4, 0.5) is 5.69 Å². The van der Waals surface area contributed by atoms with Crippen LogP contribution in [0.1, 0.15) is 13.3 Å². The Bertz CT molecular complexity index is 961. The van der Waals surface area contributed by atoms with Gasteiger partial charge in [0.25, 0.3) is 0 Å². The third-order valence-electron chi connectivity index (χ3n) is 4.50. The molecule has 3 aromatic rings. The third-order valence-corrected chi connectivity index (χ3v) is 4.50. The number of rotatable bonds is 5. The van der Waals surface area contributed by atoms with Crippen molar-refractivity contribution >= 4 is 39.4 Å². The summed E-state index contributed by atoms with van der Waals surface area (Å²) in [6, 6.07) is 12.9. The molecule has 3 N–H and O–H groups in total. The lowest BCUT2D eigenvalue weighted by Gasteiger charge is -2.21. The Morgan fingerprint density at radius 2 is 1.84 bits per heavy atom. The quantitative estimate of drug-likeness (QED) is 0.748. The van der Waals surface area contributed by atoms with Crippen molar-refractivity contribution in [1.82, 2.24) is 4.57 Å². The van der Waals surface area contributed by atoms with Crippen LogP contribution in [0.2, 0.25) is 0 Å². The molecule has 0 aliphatic carbocycles. The van der Waals surface area contributed by atoms with E-state index >= 15 is 0 Å². The number of likely N-dealkylation sites (N-methyl/N-ethyl adjacent to an activating group) is 1. The van der Waals surface area contributed by atoms with Gasteiger partial charge in [0, 0.05) is 41.1 Å². The SMILES string of the molecule is CCn1c2ccccc2c2cc(N(C)C(=O)[C@@H](N)CC(=O)O)ccc21. The maximum Gasteiger partial charge on any atom is 0.305 e.